The monoisotopic (exact) mass is 238 g/mol. The van der Waals surface area contributed by atoms with Crippen LogP contribution in [0.3, 0.4) is 0 Å². The van der Waals surface area contributed by atoms with Crippen molar-refractivity contribution in [3.8, 4) is 6.07 Å². The van der Waals surface area contributed by atoms with E-state index in [1.807, 2.05) is 6.07 Å². The molecule has 0 atom stereocenters. The number of hydrogen-bond acceptors (Lipinski definition) is 4. The summed E-state index contributed by atoms with van der Waals surface area (Å²) in [6.45, 7) is 0.557. The van der Waals surface area contributed by atoms with Crippen molar-refractivity contribution < 1.29 is 4.79 Å². The summed E-state index contributed by atoms with van der Waals surface area (Å²) < 4.78 is 0. The number of aromatic nitrogens is 1. The molecule has 0 radical (unpaired) electrons. The zero-order chi connectivity index (χ0) is 12.0. The number of nitriles is 1. The molecule has 0 aliphatic rings. The van der Waals surface area contributed by atoms with E-state index in [-0.39, 0.29) is 11.1 Å². The van der Waals surface area contributed by atoms with Crippen LogP contribution >= 0.6 is 11.6 Å². The third kappa shape index (κ3) is 4.15. The summed E-state index contributed by atoms with van der Waals surface area (Å²) in [4.78, 5) is 14.5. The van der Waals surface area contributed by atoms with Gasteiger partial charge in [0, 0.05) is 13.0 Å². The maximum atomic E-state index is 10.5. The minimum Gasteiger partial charge on any atom is -0.370 e. The molecule has 0 unspecified atom stereocenters. The molecule has 1 aromatic rings. The van der Waals surface area contributed by atoms with Crippen molar-refractivity contribution in [3.63, 3.8) is 0 Å². The van der Waals surface area contributed by atoms with Crippen LogP contribution in [0.25, 0.3) is 0 Å². The Bertz CT molecular complexity index is 427. The fourth-order valence-electron chi connectivity index (χ4n) is 1.13. The number of nitrogens with two attached hydrogens (primary N) is 1. The Kier molecular flexibility index (Phi) is 4.55. The normalized spacial score (nSPS) is 9.50. The van der Waals surface area contributed by atoms with Crippen LogP contribution in [0.5, 0.6) is 0 Å². The first-order valence-electron chi connectivity index (χ1n) is 4.71. The van der Waals surface area contributed by atoms with Crippen LogP contribution in [0.4, 0.5) is 5.82 Å². The molecule has 1 heterocycles. The average Bonchev–Trinajstić information content (AvgIpc) is 2.23. The Balaban J connectivity index is 2.51. The third-order valence-electron chi connectivity index (χ3n) is 1.83. The lowest BCUT2D eigenvalue weighted by molar-refractivity contribution is -0.118. The number of anilines is 1. The van der Waals surface area contributed by atoms with Crippen LogP contribution in [0.15, 0.2) is 12.1 Å². The van der Waals surface area contributed by atoms with Crippen LogP contribution in [0, 0.1) is 11.3 Å². The van der Waals surface area contributed by atoms with Crippen molar-refractivity contribution in [1.82, 2.24) is 4.98 Å². The Morgan fingerprint density at radius 1 is 1.62 bits per heavy atom. The lowest BCUT2D eigenvalue weighted by atomic mass is 10.2. The van der Waals surface area contributed by atoms with E-state index in [1.54, 1.807) is 6.07 Å². The van der Waals surface area contributed by atoms with E-state index in [4.69, 9.17) is 22.6 Å². The number of carbonyl (C=O) groups excluding carboxylic acids is 1. The van der Waals surface area contributed by atoms with E-state index in [9.17, 15) is 4.79 Å². The van der Waals surface area contributed by atoms with Gasteiger partial charge in [0.25, 0.3) is 0 Å². The van der Waals surface area contributed by atoms with E-state index in [0.29, 0.717) is 30.8 Å². The predicted octanol–water partition coefficient (Wildman–Crippen LogP) is 1.28. The summed E-state index contributed by atoms with van der Waals surface area (Å²) in [5.74, 6) is 0.187. The van der Waals surface area contributed by atoms with E-state index < -0.39 is 0 Å². The van der Waals surface area contributed by atoms with Gasteiger partial charge in [-0.15, -0.1) is 0 Å². The smallest absolute Gasteiger partial charge is 0.217 e. The molecule has 3 N–H and O–H groups in total. The summed E-state index contributed by atoms with van der Waals surface area (Å²) in [7, 11) is 0. The topological polar surface area (TPSA) is 91.8 Å². The molecule has 0 aliphatic carbocycles. The Labute approximate surface area is 98.2 Å². The molecule has 0 fully saturated rings. The summed E-state index contributed by atoms with van der Waals surface area (Å²) in [5.41, 5.74) is 5.44. The third-order valence-corrected chi connectivity index (χ3v) is 2.02. The van der Waals surface area contributed by atoms with Gasteiger partial charge in [0.15, 0.2) is 0 Å². The number of primary amides is 1. The van der Waals surface area contributed by atoms with E-state index in [1.165, 1.54) is 6.07 Å². The molecule has 0 aliphatic heterocycles. The Morgan fingerprint density at radius 3 is 3.00 bits per heavy atom. The van der Waals surface area contributed by atoms with Gasteiger partial charge in [-0.1, -0.05) is 11.6 Å². The molecule has 0 bridgehead atoms. The number of carbonyl (C=O) groups is 1. The van der Waals surface area contributed by atoms with E-state index >= 15 is 0 Å². The molecule has 1 rings (SSSR count). The van der Waals surface area contributed by atoms with Crippen molar-refractivity contribution in [2.75, 3.05) is 11.9 Å². The number of amides is 1. The van der Waals surface area contributed by atoms with Crippen molar-refractivity contribution in [2.24, 2.45) is 5.73 Å². The van der Waals surface area contributed by atoms with Crippen molar-refractivity contribution in [2.45, 2.75) is 12.8 Å². The molecular formula is C10H11ClN4O. The minimum absolute atomic E-state index is 0.261. The minimum atomic E-state index is -0.335. The fourth-order valence-corrected chi connectivity index (χ4v) is 1.34. The lowest BCUT2D eigenvalue weighted by Gasteiger charge is -2.05. The summed E-state index contributed by atoms with van der Waals surface area (Å²) in [5, 5.41) is 11.9. The molecule has 1 aromatic heterocycles. The molecule has 16 heavy (non-hydrogen) atoms. The van der Waals surface area contributed by atoms with Crippen LogP contribution in [0.2, 0.25) is 5.15 Å². The van der Waals surface area contributed by atoms with Gasteiger partial charge in [0.05, 0.1) is 11.6 Å². The zero-order valence-electron chi connectivity index (χ0n) is 8.53. The molecule has 5 nitrogen and oxygen atoms in total. The highest BCUT2D eigenvalue weighted by atomic mass is 35.5. The quantitative estimate of drug-likeness (QED) is 0.597. The van der Waals surface area contributed by atoms with Gasteiger partial charge in [0.1, 0.15) is 11.0 Å². The van der Waals surface area contributed by atoms with Gasteiger partial charge in [-0.25, -0.2) is 4.98 Å². The highest BCUT2D eigenvalue weighted by Crippen LogP contribution is 2.13. The first-order valence-corrected chi connectivity index (χ1v) is 5.09. The second-order valence-electron chi connectivity index (χ2n) is 3.17. The summed E-state index contributed by atoms with van der Waals surface area (Å²) in [6, 6.07) is 5.05. The van der Waals surface area contributed by atoms with E-state index in [0.717, 1.165) is 0 Å². The Morgan fingerprint density at radius 2 is 2.38 bits per heavy atom. The highest BCUT2D eigenvalue weighted by Gasteiger charge is 2.00. The van der Waals surface area contributed by atoms with Crippen LogP contribution in [-0.4, -0.2) is 17.4 Å². The van der Waals surface area contributed by atoms with Gasteiger partial charge in [-0.3, -0.25) is 4.79 Å². The van der Waals surface area contributed by atoms with Gasteiger partial charge in [-0.2, -0.15) is 5.26 Å². The SMILES string of the molecule is N#Cc1cc(Cl)nc(NCCCC(N)=O)c1. The van der Waals surface area contributed by atoms with Gasteiger partial charge in [0.2, 0.25) is 5.91 Å². The summed E-state index contributed by atoms with van der Waals surface area (Å²) in [6.07, 6.45) is 0.935. The van der Waals surface area contributed by atoms with Gasteiger partial charge in [-0.05, 0) is 18.6 Å². The maximum absolute atomic E-state index is 10.5. The highest BCUT2D eigenvalue weighted by molar-refractivity contribution is 6.29. The van der Waals surface area contributed by atoms with Crippen LogP contribution < -0.4 is 11.1 Å². The largest absolute Gasteiger partial charge is 0.370 e. The van der Waals surface area contributed by atoms with Gasteiger partial charge >= 0.3 is 0 Å². The molecule has 0 spiro atoms. The number of pyridine rings is 1. The number of nitrogens with zero attached hydrogens (tertiary/aromatic N) is 2. The maximum Gasteiger partial charge on any atom is 0.217 e. The van der Waals surface area contributed by atoms with Gasteiger partial charge < -0.3 is 11.1 Å². The summed E-state index contributed by atoms with van der Waals surface area (Å²) >= 11 is 5.72. The average molecular weight is 239 g/mol. The van der Waals surface area contributed by atoms with Crippen molar-refractivity contribution in [1.29, 1.82) is 5.26 Å². The lowest BCUT2D eigenvalue weighted by Crippen LogP contribution is -2.13. The van der Waals surface area contributed by atoms with Crippen molar-refractivity contribution in [3.05, 3.63) is 22.8 Å². The number of nitrogens with one attached hydrogen (secondary N) is 1. The first kappa shape index (κ1) is 12.3. The second-order valence-corrected chi connectivity index (χ2v) is 3.56. The number of halogens is 1. The van der Waals surface area contributed by atoms with E-state index in [2.05, 4.69) is 10.3 Å². The number of rotatable bonds is 5. The number of hydrogen-bond donors (Lipinski definition) is 2. The second kappa shape index (κ2) is 5.93. The standard InChI is InChI=1S/C10H11ClN4O/c11-8-4-7(6-12)5-10(15-8)14-3-1-2-9(13)16/h4-5H,1-3H2,(H2,13,16)(H,14,15). The molecule has 6 heteroatoms. The molecule has 1 amide bonds. The first-order chi connectivity index (χ1) is 7.61. The molecule has 0 saturated heterocycles. The van der Waals surface area contributed by atoms with Crippen LogP contribution in [-0.2, 0) is 4.79 Å². The molecule has 84 valence electrons. The van der Waals surface area contributed by atoms with Crippen molar-refractivity contribution >= 4 is 23.3 Å². The predicted molar refractivity (Wildman–Crippen MR) is 60.9 cm³/mol. The molecular weight excluding hydrogens is 228 g/mol. The molecule has 0 aromatic carbocycles. The zero-order valence-corrected chi connectivity index (χ0v) is 9.29. The van der Waals surface area contributed by atoms with Crippen LogP contribution in [0.1, 0.15) is 18.4 Å². The Hall–Kier alpha value is -1.80. The fraction of sp³-hybridized carbons (Fsp3) is 0.300. The molecule has 0 saturated carbocycles.